The number of hydrogen-bond donors (Lipinski definition) is 0. The fourth-order valence-corrected chi connectivity index (χ4v) is 1.40. The molecule has 1 saturated heterocycles. The Morgan fingerprint density at radius 2 is 2.00 bits per heavy atom. The van der Waals surface area contributed by atoms with Crippen molar-refractivity contribution in [2.24, 2.45) is 0 Å². The quantitative estimate of drug-likeness (QED) is 0.656. The molecule has 0 amide bonds. The van der Waals surface area contributed by atoms with Gasteiger partial charge in [0.1, 0.15) is 0 Å². The zero-order chi connectivity index (χ0) is 8.39. The highest BCUT2D eigenvalue weighted by molar-refractivity contribution is 6.29. The van der Waals surface area contributed by atoms with Gasteiger partial charge < -0.3 is 4.90 Å². The maximum atomic E-state index is 5.56. The summed E-state index contributed by atoms with van der Waals surface area (Å²) in [4.78, 5) is 6.20. The zero-order valence-corrected chi connectivity index (χ0v) is 7.33. The number of nitrogens with zero attached hydrogens (tertiary/aromatic N) is 4. The van der Waals surface area contributed by atoms with E-state index in [1.54, 1.807) is 0 Å². The molecule has 0 saturated carbocycles. The molecule has 1 fully saturated rings. The molecule has 1 aliphatic heterocycles. The van der Waals surface area contributed by atoms with E-state index in [2.05, 4.69) is 20.1 Å². The van der Waals surface area contributed by atoms with Crippen LogP contribution < -0.4 is 4.90 Å². The Labute approximate surface area is 75.6 Å². The maximum Gasteiger partial charge on any atom is 0.245 e. The van der Waals surface area contributed by atoms with E-state index in [-0.39, 0.29) is 0 Å². The monoisotopic (exact) mass is 184 g/mol. The Bertz CT molecular complexity index is 255. The smallest absolute Gasteiger partial charge is 0.245 e. The van der Waals surface area contributed by atoms with Crippen LogP contribution in [0.2, 0.25) is 5.15 Å². The predicted octanol–water partition coefficient (Wildman–Crippen LogP) is 1.13. The van der Waals surface area contributed by atoms with Gasteiger partial charge in [0.15, 0.2) is 5.15 Å². The maximum absolute atomic E-state index is 5.56. The van der Waals surface area contributed by atoms with Gasteiger partial charge in [-0.1, -0.05) is 11.6 Å². The predicted molar refractivity (Wildman–Crippen MR) is 46.3 cm³/mol. The molecule has 5 heteroatoms. The molecule has 0 spiro atoms. The minimum absolute atomic E-state index is 0.345. The first-order valence-electron chi connectivity index (χ1n) is 3.96. The number of anilines is 1. The molecule has 0 unspecified atom stereocenters. The molecule has 0 aliphatic carbocycles. The van der Waals surface area contributed by atoms with Crippen molar-refractivity contribution in [1.29, 1.82) is 0 Å². The molecule has 1 aromatic rings. The zero-order valence-electron chi connectivity index (χ0n) is 6.57. The second-order valence-corrected chi connectivity index (χ2v) is 3.16. The molecule has 0 radical (unpaired) electrons. The van der Waals surface area contributed by atoms with E-state index in [1.807, 2.05) is 0 Å². The summed E-state index contributed by atoms with van der Waals surface area (Å²) >= 11 is 5.56. The molecule has 2 rings (SSSR count). The van der Waals surface area contributed by atoms with Crippen molar-refractivity contribution in [1.82, 2.24) is 15.2 Å². The molecule has 0 aromatic carbocycles. The van der Waals surface area contributed by atoms with Crippen molar-refractivity contribution in [2.75, 3.05) is 18.0 Å². The molecule has 1 aromatic heterocycles. The third-order valence-corrected chi connectivity index (χ3v) is 2.08. The molecular formula is C7H9ClN4. The molecule has 0 atom stereocenters. The molecule has 64 valence electrons. The fraction of sp³-hybridized carbons (Fsp3) is 0.571. The average Bonchev–Trinajstić information content (AvgIpc) is 2.58. The molecule has 1 aliphatic rings. The third kappa shape index (κ3) is 1.48. The van der Waals surface area contributed by atoms with Gasteiger partial charge in [0.05, 0.1) is 6.20 Å². The normalized spacial score (nSPS) is 16.9. The van der Waals surface area contributed by atoms with Crippen LogP contribution in [-0.2, 0) is 0 Å². The Hall–Kier alpha value is -0.900. The lowest BCUT2D eigenvalue weighted by atomic mass is 10.4. The van der Waals surface area contributed by atoms with Crippen molar-refractivity contribution in [3.8, 4) is 0 Å². The summed E-state index contributed by atoms with van der Waals surface area (Å²) in [6, 6.07) is 0. The molecule has 2 heterocycles. The summed E-state index contributed by atoms with van der Waals surface area (Å²) in [5.41, 5.74) is 0. The average molecular weight is 185 g/mol. The standard InChI is InChI=1S/C7H9ClN4/c8-6-5-9-7(11-10-6)12-3-1-2-4-12/h5H,1-4H2. The van der Waals surface area contributed by atoms with Crippen LogP contribution in [0.15, 0.2) is 6.20 Å². The Morgan fingerprint density at radius 1 is 1.25 bits per heavy atom. The van der Waals surface area contributed by atoms with Crippen LogP contribution in [0, 0.1) is 0 Å². The van der Waals surface area contributed by atoms with Crippen molar-refractivity contribution in [3.63, 3.8) is 0 Å². The van der Waals surface area contributed by atoms with Crippen molar-refractivity contribution < 1.29 is 0 Å². The molecule has 12 heavy (non-hydrogen) atoms. The minimum atomic E-state index is 0.345. The van der Waals surface area contributed by atoms with Gasteiger partial charge in [-0.2, -0.15) is 0 Å². The molecule has 4 nitrogen and oxygen atoms in total. The topological polar surface area (TPSA) is 41.9 Å². The van der Waals surface area contributed by atoms with Gasteiger partial charge in [0.2, 0.25) is 5.95 Å². The van der Waals surface area contributed by atoms with Crippen LogP contribution in [0.25, 0.3) is 0 Å². The van der Waals surface area contributed by atoms with Crippen molar-refractivity contribution in [2.45, 2.75) is 12.8 Å². The molecule has 0 N–H and O–H groups in total. The lowest BCUT2D eigenvalue weighted by molar-refractivity contribution is 0.850. The summed E-state index contributed by atoms with van der Waals surface area (Å²) in [6.07, 6.45) is 3.96. The molecular weight excluding hydrogens is 176 g/mol. The lowest BCUT2D eigenvalue weighted by Crippen LogP contribution is -2.20. The highest BCUT2D eigenvalue weighted by atomic mass is 35.5. The van der Waals surface area contributed by atoms with E-state index in [9.17, 15) is 0 Å². The number of halogens is 1. The second kappa shape index (κ2) is 3.23. The van der Waals surface area contributed by atoms with E-state index in [0.717, 1.165) is 13.1 Å². The van der Waals surface area contributed by atoms with E-state index in [0.29, 0.717) is 11.1 Å². The first-order chi connectivity index (χ1) is 5.86. The van der Waals surface area contributed by atoms with Crippen LogP contribution in [0.1, 0.15) is 12.8 Å². The Morgan fingerprint density at radius 3 is 2.58 bits per heavy atom. The van der Waals surface area contributed by atoms with Crippen molar-refractivity contribution >= 4 is 17.5 Å². The summed E-state index contributed by atoms with van der Waals surface area (Å²) in [7, 11) is 0. The largest absolute Gasteiger partial charge is 0.340 e. The van der Waals surface area contributed by atoms with Crippen molar-refractivity contribution in [3.05, 3.63) is 11.3 Å². The van der Waals surface area contributed by atoms with E-state index >= 15 is 0 Å². The van der Waals surface area contributed by atoms with Gasteiger partial charge in [-0.25, -0.2) is 4.98 Å². The van der Waals surface area contributed by atoms with Crippen LogP contribution >= 0.6 is 11.6 Å². The number of hydrogen-bond acceptors (Lipinski definition) is 4. The Balaban J connectivity index is 2.17. The summed E-state index contributed by atoms with van der Waals surface area (Å²) in [6.45, 7) is 2.06. The Kier molecular flexibility index (Phi) is 2.08. The van der Waals surface area contributed by atoms with E-state index in [1.165, 1.54) is 19.0 Å². The van der Waals surface area contributed by atoms with Crippen LogP contribution in [0.5, 0.6) is 0 Å². The van der Waals surface area contributed by atoms with Gasteiger partial charge in [-0.15, -0.1) is 10.2 Å². The van der Waals surface area contributed by atoms with Crippen LogP contribution in [-0.4, -0.2) is 28.3 Å². The van der Waals surface area contributed by atoms with E-state index in [4.69, 9.17) is 11.6 Å². The first-order valence-corrected chi connectivity index (χ1v) is 4.34. The first kappa shape index (κ1) is 7.73. The second-order valence-electron chi connectivity index (χ2n) is 2.78. The van der Waals surface area contributed by atoms with Gasteiger partial charge in [-0.05, 0) is 12.8 Å². The lowest BCUT2D eigenvalue weighted by Gasteiger charge is -2.12. The fourth-order valence-electron chi connectivity index (χ4n) is 1.32. The van der Waals surface area contributed by atoms with Gasteiger partial charge in [-0.3, -0.25) is 0 Å². The summed E-state index contributed by atoms with van der Waals surface area (Å²) in [5, 5.41) is 7.97. The molecule has 0 bridgehead atoms. The minimum Gasteiger partial charge on any atom is -0.340 e. The highest BCUT2D eigenvalue weighted by Crippen LogP contribution is 2.14. The van der Waals surface area contributed by atoms with E-state index < -0.39 is 0 Å². The SMILES string of the molecule is Clc1cnc(N2CCCC2)nn1. The van der Waals surface area contributed by atoms with Crippen LogP contribution in [0.3, 0.4) is 0 Å². The third-order valence-electron chi connectivity index (χ3n) is 1.91. The highest BCUT2D eigenvalue weighted by Gasteiger charge is 2.14. The van der Waals surface area contributed by atoms with Crippen LogP contribution in [0.4, 0.5) is 5.95 Å². The summed E-state index contributed by atoms with van der Waals surface area (Å²) < 4.78 is 0. The van der Waals surface area contributed by atoms with Gasteiger partial charge in [0.25, 0.3) is 0 Å². The van der Waals surface area contributed by atoms with Gasteiger partial charge >= 0.3 is 0 Å². The number of aromatic nitrogens is 3. The summed E-state index contributed by atoms with van der Waals surface area (Å²) in [5.74, 6) is 0.692. The number of rotatable bonds is 1. The van der Waals surface area contributed by atoms with Gasteiger partial charge in [0, 0.05) is 13.1 Å².